The van der Waals surface area contributed by atoms with Crippen LogP contribution in [-0.4, -0.2) is 49.5 Å². The standard InChI is InChI=1S/C24H22FN5O2S/c1-32-20-10-2-16(3-11-20)13-29(18-8-9-18)22(31)14-33-24-21-12-28-30(23(21)26-15-27-24)19-6-4-17(25)5-7-19/h2-7,10-12,15,18H,8-9,13-14H2,1H3. The second-order valence-corrected chi connectivity index (χ2v) is 8.80. The third-order valence-corrected chi connectivity index (χ3v) is 6.54. The molecule has 0 radical (unpaired) electrons. The van der Waals surface area contributed by atoms with Gasteiger partial charge >= 0.3 is 0 Å². The highest BCUT2D eigenvalue weighted by Crippen LogP contribution is 2.31. The van der Waals surface area contributed by atoms with Gasteiger partial charge in [0.25, 0.3) is 0 Å². The Kier molecular flexibility index (Phi) is 5.95. The number of methoxy groups -OCH3 is 1. The minimum atomic E-state index is -0.311. The summed E-state index contributed by atoms with van der Waals surface area (Å²) in [5.74, 6) is 0.846. The quantitative estimate of drug-likeness (QED) is 0.287. The number of hydrogen-bond acceptors (Lipinski definition) is 6. The van der Waals surface area contributed by atoms with E-state index in [9.17, 15) is 9.18 Å². The molecule has 0 saturated heterocycles. The molecule has 1 aliphatic carbocycles. The molecular formula is C24H22FN5O2S. The lowest BCUT2D eigenvalue weighted by Gasteiger charge is -2.22. The summed E-state index contributed by atoms with van der Waals surface area (Å²) in [6.07, 6.45) is 5.22. The predicted octanol–water partition coefficient (Wildman–Crippen LogP) is 4.25. The Balaban J connectivity index is 1.31. The van der Waals surface area contributed by atoms with E-state index in [1.807, 2.05) is 29.2 Å². The van der Waals surface area contributed by atoms with Crippen molar-refractivity contribution in [1.82, 2.24) is 24.6 Å². The second kappa shape index (κ2) is 9.19. The normalized spacial score (nSPS) is 13.3. The summed E-state index contributed by atoms with van der Waals surface area (Å²) in [5, 5.41) is 5.85. The molecule has 0 unspecified atom stereocenters. The zero-order chi connectivity index (χ0) is 22.8. The van der Waals surface area contributed by atoms with E-state index in [4.69, 9.17) is 4.74 Å². The number of hydrogen-bond donors (Lipinski definition) is 0. The highest BCUT2D eigenvalue weighted by molar-refractivity contribution is 8.00. The molecule has 0 atom stereocenters. The molecule has 5 rings (SSSR count). The first-order valence-corrected chi connectivity index (χ1v) is 11.6. The molecule has 1 amide bonds. The molecule has 2 aromatic heterocycles. The van der Waals surface area contributed by atoms with E-state index < -0.39 is 0 Å². The lowest BCUT2D eigenvalue weighted by atomic mass is 10.2. The van der Waals surface area contributed by atoms with E-state index in [-0.39, 0.29) is 17.5 Å². The molecule has 0 N–H and O–H groups in total. The van der Waals surface area contributed by atoms with Crippen molar-refractivity contribution in [3.63, 3.8) is 0 Å². The summed E-state index contributed by atoms with van der Waals surface area (Å²) < 4.78 is 20.1. The summed E-state index contributed by atoms with van der Waals surface area (Å²) >= 11 is 1.38. The van der Waals surface area contributed by atoms with Crippen molar-refractivity contribution < 1.29 is 13.9 Å². The van der Waals surface area contributed by atoms with E-state index in [2.05, 4.69) is 15.1 Å². The van der Waals surface area contributed by atoms with Gasteiger partial charge < -0.3 is 9.64 Å². The van der Waals surface area contributed by atoms with Gasteiger partial charge in [0.15, 0.2) is 5.65 Å². The Morgan fingerprint density at radius 2 is 1.91 bits per heavy atom. The number of ether oxygens (including phenoxy) is 1. The first kappa shape index (κ1) is 21.4. The number of aromatic nitrogens is 4. The van der Waals surface area contributed by atoms with Crippen LogP contribution in [0.4, 0.5) is 4.39 Å². The SMILES string of the molecule is COc1ccc(CN(C(=O)CSc2ncnc3c2cnn3-c2ccc(F)cc2)C2CC2)cc1. The fourth-order valence-corrected chi connectivity index (χ4v) is 4.50. The molecule has 4 aromatic rings. The summed E-state index contributed by atoms with van der Waals surface area (Å²) in [6.45, 7) is 0.579. The molecule has 9 heteroatoms. The van der Waals surface area contributed by atoms with Crippen molar-refractivity contribution in [3.8, 4) is 11.4 Å². The monoisotopic (exact) mass is 463 g/mol. The zero-order valence-electron chi connectivity index (χ0n) is 18.0. The highest BCUT2D eigenvalue weighted by atomic mass is 32.2. The summed E-state index contributed by atoms with van der Waals surface area (Å²) in [7, 11) is 1.64. The molecule has 2 aromatic carbocycles. The number of amides is 1. The molecule has 0 bridgehead atoms. The molecule has 1 aliphatic rings. The van der Waals surface area contributed by atoms with Crippen LogP contribution in [0.3, 0.4) is 0 Å². The molecule has 0 spiro atoms. The maximum Gasteiger partial charge on any atom is 0.233 e. The van der Waals surface area contributed by atoms with Crippen LogP contribution in [0, 0.1) is 5.82 Å². The van der Waals surface area contributed by atoms with E-state index >= 15 is 0 Å². The van der Waals surface area contributed by atoms with Gasteiger partial charge in [-0.05, 0) is 54.8 Å². The van der Waals surface area contributed by atoms with Crippen LogP contribution in [0.15, 0.2) is 66.1 Å². The Morgan fingerprint density at radius 3 is 2.61 bits per heavy atom. The molecule has 7 nitrogen and oxygen atoms in total. The van der Waals surface area contributed by atoms with E-state index in [1.54, 1.807) is 30.1 Å². The van der Waals surface area contributed by atoms with Crippen LogP contribution in [-0.2, 0) is 11.3 Å². The summed E-state index contributed by atoms with van der Waals surface area (Å²) in [6, 6.07) is 14.2. The van der Waals surface area contributed by atoms with Crippen LogP contribution in [0.2, 0.25) is 0 Å². The van der Waals surface area contributed by atoms with Crippen molar-refractivity contribution >= 4 is 28.7 Å². The third kappa shape index (κ3) is 4.68. The van der Waals surface area contributed by atoms with Crippen LogP contribution >= 0.6 is 11.8 Å². The molecule has 168 valence electrons. The average Bonchev–Trinajstić information content (AvgIpc) is 3.60. The smallest absolute Gasteiger partial charge is 0.233 e. The van der Waals surface area contributed by atoms with Gasteiger partial charge in [-0.25, -0.2) is 19.0 Å². The van der Waals surface area contributed by atoms with E-state index in [0.29, 0.717) is 28.9 Å². The number of carbonyl (C=O) groups excluding carboxylic acids is 1. The van der Waals surface area contributed by atoms with Crippen molar-refractivity contribution in [3.05, 3.63) is 72.4 Å². The molecular weight excluding hydrogens is 441 g/mol. The minimum absolute atomic E-state index is 0.0796. The Hall–Kier alpha value is -3.46. The first-order valence-electron chi connectivity index (χ1n) is 10.6. The summed E-state index contributed by atoms with van der Waals surface area (Å²) in [4.78, 5) is 23.8. The van der Waals surface area contributed by atoms with Crippen LogP contribution in [0.5, 0.6) is 5.75 Å². The van der Waals surface area contributed by atoms with Gasteiger partial charge in [0.1, 0.15) is 22.9 Å². The van der Waals surface area contributed by atoms with Crippen LogP contribution < -0.4 is 4.74 Å². The lowest BCUT2D eigenvalue weighted by molar-refractivity contribution is -0.129. The maximum absolute atomic E-state index is 13.3. The van der Waals surface area contributed by atoms with Gasteiger partial charge in [-0.1, -0.05) is 23.9 Å². The van der Waals surface area contributed by atoms with Crippen LogP contribution in [0.25, 0.3) is 16.7 Å². The molecule has 1 fully saturated rings. The lowest BCUT2D eigenvalue weighted by Crippen LogP contribution is -2.34. The van der Waals surface area contributed by atoms with Gasteiger partial charge in [0.05, 0.1) is 30.1 Å². The van der Waals surface area contributed by atoms with E-state index in [0.717, 1.165) is 29.5 Å². The van der Waals surface area contributed by atoms with Gasteiger partial charge in [-0.2, -0.15) is 5.10 Å². The van der Waals surface area contributed by atoms with E-state index in [1.165, 1.54) is 30.2 Å². The van der Waals surface area contributed by atoms with Gasteiger partial charge in [0, 0.05) is 12.6 Å². The molecule has 2 heterocycles. The predicted molar refractivity (Wildman–Crippen MR) is 124 cm³/mol. The van der Waals surface area contributed by atoms with Crippen molar-refractivity contribution in [1.29, 1.82) is 0 Å². The fraction of sp³-hybridized carbons (Fsp3) is 0.250. The average molecular weight is 464 g/mol. The molecule has 0 aliphatic heterocycles. The van der Waals surface area contributed by atoms with Crippen molar-refractivity contribution in [2.75, 3.05) is 12.9 Å². The zero-order valence-corrected chi connectivity index (χ0v) is 18.8. The Labute approximate surface area is 194 Å². The number of thioether (sulfide) groups is 1. The topological polar surface area (TPSA) is 73.1 Å². The van der Waals surface area contributed by atoms with Crippen molar-refractivity contribution in [2.24, 2.45) is 0 Å². The Bertz CT molecular complexity index is 1270. The summed E-state index contributed by atoms with van der Waals surface area (Å²) in [5.41, 5.74) is 2.39. The first-order chi connectivity index (χ1) is 16.1. The number of rotatable bonds is 8. The fourth-order valence-electron chi connectivity index (χ4n) is 3.66. The van der Waals surface area contributed by atoms with Gasteiger partial charge in [-0.15, -0.1) is 0 Å². The number of nitrogens with zero attached hydrogens (tertiary/aromatic N) is 5. The number of fused-ring (bicyclic) bond motifs is 1. The largest absolute Gasteiger partial charge is 0.497 e. The van der Waals surface area contributed by atoms with Gasteiger partial charge in [-0.3, -0.25) is 4.79 Å². The molecule has 1 saturated carbocycles. The Morgan fingerprint density at radius 1 is 1.15 bits per heavy atom. The third-order valence-electron chi connectivity index (χ3n) is 5.55. The second-order valence-electron chi connectivity index (χ2n) is 7.84. The minimum Gasteiger partial charge on any atom is -0.497 e. The number of carbonyl (C=O) groups is 1. The maximum atomic E-state index is 13.3. The van der Waals surface area contributed by atoms with Crippen molar-refractivity contribution in [2.45, 2.75) is 30.5 Å². The van der Waals surface area contributed by atoms with Crippen LogP contribution in [0.1, 0.15) is 18.4 Å². The van der Waals surface area contributed by atoms with Gasteiger partial charge in [0.2, 0.25) is 5.91 Å². The highest BCUT2D eigenvalue weighted by Gasteiger charge is 2.32. The number of benzene rings is 2. The number of halogens is 1. The molecule has 33 heavy (non-hydrogen) atoms.